The largest absolute Gasteiger partial charge is 0.233 e. The minimum atomic E-state index is -3.48. The average molecular weight is 312 g/mol. The van der Waals surface area contributed by atoms with Gasteiger partial charge < -0.3 is 0 Å². The summed E-state index contributed by atoms with van der Waals surface area (Å²) < 4.78 is 25.3. The lowest BCUT2D eigenvalue weighted by Crippen LogP contribution is -2.38. The number of benzene rings is 1. The molecular weight excluding hydrogens is 294 g/mol. The SMILES string of the molecule is Cc1ccc([Si](C)(C)C)cc1S(=O)(=O)c1nccs1. The van der Waals surface area contributed by atoms with E-state index in [1.165, 1.54) is 6.20 Å². The van der Waals surface area contributed by atoms with E-state index in [0.717, 1.165) is 22.1 Å². The van der Waals surface area contributed by atoms with Gasteiger partial charge in [-0.15, -0.1) is 11.3 Å². The molecule has 0 fully saturated rings. The van der Waals surface area contributed by atoms with Crippen molar-refractivity contribution in [3.05, 3.63) is 35.3 Å². The normalized spacial score (nSPS) is 12.6. The predicted octanol–water partition coefficient (Wildman–Crippen LogP) is 2.83. The summed E-state index contributed by atoms with van der Waals surface area (Å²) >= 11 is 1.16. The minimum absolute atomic E-state index is 0.170. The van der Waals surface area contributed by atoms with E-state index in [4.69, 9.17) is 0 Å². The molecule has 0 saturated heterocycles. The molecular formula is C13H17NO2S2Si. The first-order valence-electron chi connectivity index (χ1n) is 5.98. The first-order chi connectivity index (χ1) is 8.73. The lowest BCUT2D eigenvalue weighted by molar-refractivity contribution is 0.595. The van der Waals surface area contributed by atoms with Crippen LogP contribution in [0.15, 0.2) is 39.0 Å². The summed E-state index contributed by atoms with van der Waals surface area (Å²) in [5.41, 5.74) is 0.775. The molecule has 2 rings (SSSR count). The van der Waals surface area contributed by atoms with Gasteiger partial charge in [0.15, 0.2) is 0 Å². The van der Waals surface area contributed by atoms with E-state index in [1.807, 2.05) is 25.1 Å². The molecule has 0 unspecified atom stereocenters. The third-order valence-electron chi connectivity index (χ3n) is 2.98. The van der Waals surface area contributed by atoms with Crippen LogP contribution >= 0.6 is 11.3 Å². The van der Waals surface area contributed by atoms with Crippen LogP contribution in [0.25, 0.3) is 0 Å². The highest BCUT2D eigenvalue weighted by atomic mass is 32.2. The van der Waals surface area contributed by atoms with Crippen LogP contribution in [0.4, 0.5) is 0 Å². The van der Waals surface area contributed by atoms with Crippen molar-refractivity contribution in [2.24, 2.45) is 0 Å². The minimum Gasteiger partial charge on any atom is -0.233 e. The molecule has 1 heterocycles. The molecule has 0 saturated carbocycles. The van der Waals surface area contributed by atoms with Gasteiger partial charge in [-0.3, -0.25) is 0 Å². The predicted molar refractivity (Wildman–Crippen MR) is 81.7 cm³/mol. The van der Waals surface area contributed by atoms with Crippen LogP contribution in [0.3, 0.4) is 0 Å². The molecule has 0 aliphatic carbocycles. The Hall–Kier alpha value is -0.983. The Balaban J connectivity index is 2.63. The number of nitrogens with zero attached hydrogens (tertiary/aromatic N) is 1. The average Bonchev–Trinajstić information content (AvgIpc) is 2.81. The van der Waals surface area contributed by atoms with Crippen LogP contribution in [0.2, 0.25) is 19.6 Å². The zero-order valence-corrected chi connectivity index (χ0v) is 14.1. The fraction of sp³-hybridized carbons (Fsp3) is 0.308. The van der Waals surface area contributed by atoms with Gasteiger partial charge in [0.25, 0.3) is 0 Å². The second-order valence-corrected chi connectivity index (χ2v) is 13.6. The summed E-state index contributed by atoms with van der Waals surface area (Å²) in [6, 6.07) is 5.77. The van der Waals surface area contributed by atoms with Crippen molar-refractivity contribution in [3.8, 4) is 0 Å². The standard InChI is InChI=1S/C13H17NO2S2Si/c1-10-5-6-11(19(2,3)4)9-12(10)18(15,16)13-14-7-8-17-13/h5-9H,1-4H3. The molecule has 0 radical (unpaired) electrons. The van der Waals surface area contributed by atoms with E-state index in [9.17, 15) is 8.42 Å². The van der Waals surface area contributed by atoms with E-state index in [1.54, 1.807) is 5.38 Å². The fourth-order valence-electron chi connectivity index (χ4n) is 1.79. The maximum absolute atomic E-state index is 12.6. The molecule has 1 aromatic carbocycles. The van der Waals surface area contributed by atoms with Crippen molar-refractivity contribution < 1.29 is 8.42 Å². The summed E-state index contributed by atoms with van der Waals surface area (Å²) in [4.78, 5) is 4.33. The first-order valence-corrected chi connectivity index (χ1v) is 11.8. The molecule has 1 aromatic heterocycles. The number of hydrogen-bond acceptors (Lipinski definition) is 4. The number of aromatic nitrogens is 1. The van der Waals surface area contributed by atoms with Crippen LogP contribution in [-0.4, -0.2) is 21.5 Å². The molecule has 102 valence electrons. The molecule has 0 spiro atoms. The molecule has 0 atom stereocenters. The van der Waals surface area contributed by atoms with Crippen molar-refractivity contribution in [2.75, 3.05) is 0 Å². The zero-order chi connectivity index (χ0) is 14.3. The summed E-state index contributed by atoms with van der Waals surface area (Å²) in [5.74, 6) is 0. The van der Waals surface area contributed by atoms with Gasteiger partial charge in [-0.25, -0.2) is 13.4 Å². The topological polar surface area (TPSA) is 47.0 Å². The van der Waals surface area contributed by atoms with Crippen LogP contribution in [0.1, 0.15) is 5.56 Å². The van der Waals surface area contributed by atoms with Crippen molar-refractivity contribution >= 4 is 34.4 Å². The van der Waals surface area contributed by atoms with Gasteiger partial charge in [0.2, 0.25) is 14.2 Å². The molecule has 0 aliphatic rings. The third-order valence-corrected chi connectivity index (χ3v) is 8.12. The van der Waals surface area contributed by atoms with Crippen LogP contribution in [0.5, 0.6) is 0 Å². The second kappa shape index (κ2) is 4.85. The van der Waals surface area contributed by atoms with Crippen molar-refractivity contribution in [3.63, 3.8) is 0 Å². The second-order valence-electron chi connectivity index (χ2n) is 5.53. The number of hydrogen-bond donors (Lipinski definition) is 0. The van der Waals surface area contributed by atoms with Gasteiger partial charge in [-0.1, -0.05) is 37.0 Å². The zero-order valence-electron chi connectivity index (χ0n) is 11.5. The van der Waals surface area contributed by atoms with E-state index in [0.29, 0.717) is 4.90 Å². The summed E-state index contributed by atoms with van der Waals surface area (Å²) in [5, 5.41) is 2.83. The molecule has 19 heavy (non-hydrogen) atoms. The Labute approximate surface area is 119 Å². The van der Waals surface area contributed by atoms with Crippen LogP contribution in [0, 0.1) is 6.92 Å². The molecule has 3 nitrogen and oxygen atoms in total. The molecule has 0 amide bonds. The Kier molecular flexibility index (Phi) is 3.68. The Morgan fingerprint density at radius 1 is 1.21 bits per heavy atom. The highest BCUT2D eigenvalue weighted by molar-refractivity contribution is 7.93. The van der Waals surface area contributed by atoms with Gasteiger partial charge in [0, 0.05) is 11.6 Å². The fourth-order valence-corrected chi connectivity index (χ4v) is 5.52. The maximum atomic E-state index is 12.6. The molecule has 0 bridgehead atoms. The highest BCUT2D eigenvalue weighted by Crippen LogP contribution is 2.25. The molecule has 0 aliphatic heterocycles. The number of thiazole rings is 1. The summed E-state index contributed by atoms with van der Waals surface area (Å²) in [6.07, 6.45) is 1.52. The highest BCUT2D eigenvalue weighted by Gasteiger charge is 2.25. The summed E-state index contributed by atoms with van der Waals surface area (Å²) in [7, 11) is -5.01. The number of sulfone groups is 1. The summed E-state index contributed by atoms with van der Waals surface area (Å²) in [6.45, 7) is 8.45. The van der Waals surface area contributed by atoms with Crippen molar-refractivity contribution in [1.82, 2.24) is 4.98 Å². The maximum Gasteiger partial charge on any atom is 0.233 e. The van der Waals surface area contributed by atoms with E-state index < -0.39 is 17.9 Å². The van der Waals surface area contributed by atoms with Gasteiger partial charge in [0.1, 0.15) is 0 Å². The lowest BCUT2D eigenvalue weighted by atomic mass is 10.2. The molecule has 0 N–H and O–H groups in total. The van der Waals surface area contributed by atoms with Gasteiger partial charge in [0.05, 0.1) is 13.0 Å². The quantitative estimate of drug-likeness (QED) is 0.819. The smallest absolute Gasteiger partial charge is 0.233 e. The Morgan fingerprint density at radius 3 is 2.42 bits per heavy atom. The monoisotopic (exact) mass is 311 g/mol. The van der Waals surface area contributed by atoms with Crippen molar-refractivity contribution in [1.29, 1.82) is 0 Å². The molecule has 2 aromatic rings. The third kappa shape index (κ3) is 2.80. The van der Waals surface area contributed by atoms with E-state index in [2.05, 4.69) is 24.6 Å². The van der Waals surface area contributed by atoms with E-state index >= 15 is 0 Å². The first kappa shape index (κ1) is 14.4. The molecule has 6 heteroatoms. The Morgan fingerprint density at radius 2 is 1.89 bits per heavy atom. The number of aryl methyl sites for hydroxylation is 1. The van der Waals surface area contributed by atoms with Gasteiger partial charge in [-0.05, 0) is 18.6 Å². The van der Waals surface area contributed by atoms with E-state index in [-0.39, 0.29) is 4.34 Å². The van der Waals surface area contributed by atoms with Crippen molar-refractivity contribution in [2.45, 2.75) is 35.8 Å². The van der Waals surface area contributed by atoms with Crippen LogP contribution < -0.4 is 5.19 Å². The Bertz CT molecular complexity index is 686. The lowest BCUT2D eigenvalue weighted by Gasteiger charge is -2.18. The van der Waals surface area contributed by atoms with Crippen LogP contribution in [-0.2, 0) is 9.84 Å². The number of rotatable bonds is 3. The van der Waals surface area contributed by atoms with Gasteiger partial charge in [-0.2, -0.15) is 0 Å². The van der Waals surface area contributed by atoms with Gasteiger partial charge >= 0.3 is 0 Å².